The highest BCUT2D eigenvalue weighted by Gasteiger charge is 2.20. The number of nitrogens with two attached hydrogens (primary N) is 1. The molecule has 1 aromatic carbocycles. The van der Waals surface area contributed by atoms with Crippen molar-refractivity contribution >= 4 is 44.8 Å². The van der Waals surface area contributed by atoms with Crippen LogP contribution in [-0.4, -0.2) is 23.9 Å². The van der Waals surface area contributed by atoms with Gasteiger partial charge in [-0.05, 0) is 37.8 Å². The molecule has 30 heavy (non-hydrogen) atoms. The Hall–Kier alpha value is -3.13. The molecule has 0 bridgehead atoms. The van der Waals surface area contributed by atoms with Crippen molar-refractivity contribution < 1.29 is 18.7 Å². The average molecular weight is 426 g/mol. The molecule has 0 saturated heterocycles. The van der Waals surface area contributed by atoms with Gasteiger partial charge in [0.15, 0.2) is 5.13 Å². The summed E-state index contributed by atoms with van der Waals surface area (Å²) in [6.45, 7) is 1.87. The number of nitrogens with zero attached hydrogens (tertiary/aromatic N) is 1. The van der Waals surface area contributed by atoms with Crippen LogP contribution in [0.15, 0.2) is 28.0 Å². The number of fused-ring (bicyclic) bond motifs is 3. The normalized spacial score (nSPS) is 13.9. The van der Waals surface area contributed by atoms with E-state index < -0.39 is 5.91 Å². The van der Waals surface area contributed by atoms with Gasteiger partial charge in [-0.1, -0.05) is 0 Å². The zero-order valence-electron chi connectivity index (χ0n) is 16.9. The van der Waals surface area contributed by atoms with Crippen molar-refractivity contribution in [2.75, 3.05) is 12.4 Å². The molecule has 2 heterocycles. The van der Waals surface area contributed by atoms with Crippen LogP contribution in [0.25, 0.3) is 16.5 Å². The van der Waals surface area contributed by atoms with Gasteiger partial charge in [-0.2, -0.15) is 0 Å². The van der Waals surface area contributed by atoms with Crippen LogP contribution in [0, 0.1) is 0 Å². The summed E-state index contributed by atoms with van der Waals surface area (Å²) in [5, 5.41) is 5.95. The number of anilines is 1. The highest BCUT2D eigenvalue weighted by atomic mass is 32.1. The third-order valence-corrected chi connectivity index (χ3v) is 5.99. The molecule has 2 amide bonds. The van der Waals surface area contributed by atoms with E-state index in [1.54, 1.807) is 12.5 Å². The lowest BCUT2D eigenvalue weighted by atomic mass is 9.94. The first-order valence-corrected chi connectivity index (χ1v) is 10.7. The molecule has 0 radical (unpaired) electrons. The van der Waals surface area contributed by atoms with Gasteiger partial charge in [-0.25, -0.2) is 4.98 Å². The van der Waals surface area contributed by atoms with Crippen molar-refractivity contribution in [2.24, 2.45) is 5.73 Å². The Morgan fingerprint density at radius 3 is 2.90 bits per heavy atom. The maximum Gasteiger partial charge on any atom is 0.250 e. The van der Waals surface area contributed by atoms with Crippen molar-refractivity contribution in [3.8, 4) is 5.75 Å². The lowest BCUT2D eigenvalue weighted by Crippen LogP contribution is -2.14. The fourth-order valence-corrected chi connectivity index (χ4v) is 4.52. The number of amides is 2. The van der Waals surface area contributed by atoms with E-state index >= 15 is 0 Å². The second kappa shape index (κ2) is 8.31. The molecule has 1 aliphatic carbocycles. The number of carbonyl (C=O) groups is 2. The van der Waals surface area contributed by atoms with Crippen LogP contribution < -0.4 is 15.8 Å². The second-order valence-electron chi connectivity index (χ2n) is 7.36. The van der Waals surface area contributed by atoms with E-state index in [1.807, 2.05) is 13.0 Å². The number of ether oxygens (including phenoxy) is 1. The van der Waals surface area contributed by atoms with Gasteiger partial charge >= 0.3 is 0 Å². The molecule has 0 unspecified atom stereocenters. The maximum absolute atomic E-state index is 12.5. The molecule has 8 heteroatoms. The van der Waals surface area contributed by atoms with E-state index in [1.165, 1.54) is 23.0 Å². The molecule has 0 fully saturated rings. The number of aryl methyl sites for hydroxylation is 2. The third kappa shape index (κ3) is 4.09. The van der Waals surface area contributed by atoms with Crippen molar-refractivity contribution in [2.45, 2.75) is 39.0 Å². The predicted octanol–water partition coefficient (Wildman–Crippen LogP) is 3.85. The van der Waals surface area contributed by atoms with Gasteiger partial charge in [0.1, 0.15) is 17.1 Å². The minimum absolute atomic E-state index is 0.0491. The highest BCUT2D eigenvalue weighted by molar-refractivity contribution is 7.14. The number of rotatable bonds is 6. The Labute approximate surface area is 177 Å². The summed E-state index contributed by atoms with van der Waals surface area (Å²) in [7, 11) is 1.61. The van der Waals surface area contributed by atoms with Gasteiger partial charge in [-0.3, -0.25) is 14.9 Å². The zero-order valence-corrected chi connectivity index (χ0v) is 17.7. The molecule has 0 saturated carbocycles. The fraction of sp³-hybridized carbons (Fsp3) is 0.318. The molecular formula is C22H23N3O4S. The summed E-state index contributed by atoms with van der Waals surface area (Å²) < 4.78 is 11.6. The van der Waals surface area contributed by atoms with Crippen LogP contribution in [0.3, 0.4) is 0 Å². The first kappa shape index (κ1) is 20.2. The molecule has 0 atom stereocenters. The number of primary amides is 1. The number of allylic oxidation sites excluding steroid dienone is 1. The van der Waals surface area contributed by atoms with E-state index in [0.717, 1.165) is 53.5 Å². The monoisotopic (exact) mass is 425 g/mol. The topological polar surface area (TPSA) is 107 Å². The molecule has 3 N–H and O–H groups in total. The third-order valence-electron chi connectivity index (χ3n) is 5.19. The van der Waals surface area contributed by atoms with Gasteiger partial charge in [0.05, 0.1) is 19.2 Å². The summed E-state index contributed by atoms with van der Waals surface area (Å²) >= 11 is 1.25. The van der Waals surface area contributed by atoms with Gasteiger partial charge in [0.25, 0.3) is 0 Å². The molecule has 156 valence electrons. The first-order valence-electron chi connectivity index (χ1n) is 9.79. The number of hydrogen-bond acceptors (Lipinski definition) is 6. The van der Waals surface area contributed by atoms with Gasteiger partial charge < -0.3 is 14.9 Å². The fourth-order valence-electron chi connectivity index (χ4n) is 3.81. The maximum atomic E-state index is 12.5. The van der Waals surface area contributed by atoms with E-state index in [-0.39, 0.29) is 12.3 Å². The molecule has 0 aliphatic heterocycles. The molecule has 3 aromatic rings. The number of methoxy groups -OCH3 is 1. The Morgan fingerprint density at radius 2 is 2.13 bits per heavy atom. The molecule has 0 spiro atoms. The summed E-state index contributed by atoms with van der Waals surface area (Å²) in [4.78, 5) is 27.7. The zero-order chi connectivity index (χ0) is 21.3. The number of aromatic nitrogens is 1. The van der Waals surface area contributed by atoms with Crippen LogP contribution in [-0.2, 0) is 28.9 Å². The number of thiazole rings is 1. The molecule has 4 rings (SSSR count). The molecular weight excluding hydrogens is 402 g/mol. The smallest absolute Gasteiger partial charge is 0.250 e. The number of furan rings is 1. The van der Waals surface area contributed by atoms with E-state index in [9.17, 15) is 9.59 Å². The molecule has 2 aromatic heterocycles. The van der Waals surface area contributed by atoms with E-state index in [0.29, 0.717) is 16.6 Å². The average Bonchev–Trinajstić information content (AvgIpc) is 3.29. The Morgan fingerprint density at radius 1 is 1.33 bits per heavy atom. The van der Waals surface area contributed by atoms with E-state index in [4.69, 9.17) is 14.9 Å². The highest BCUT2D eigenvalue weighted by Crippen LogP contribution is 2.37. The lowest BCUT2D eigenvalue weighted by molar-refractivity contribution is -0.117. The van der Waals surface area contributed by atoms with E-state index in [2.05, 4.69) is 16.4 Å². The number of nitrogens with one attached hydrogen (secondary N) is 1. The van der Waals surface area contributed by atoms with Gasteiger partial charge in [0.2, 0.25) is 11.8 Å². The standard InChI is InChI=1S/C22H23N3O4S/c1-12(7-21(27)25-22-24-13(11-30-22)8-20(23)26)15-9-16-14-5-3-4-6-17(14)29-19(16)10-18(15)28-2/h7,9-11H,3-6,8H2,1-2H3,(H2,23,26)(H,24,25,27)/b12-7+. The summed E-state index contributed by atoms with van der Waals surface area (Å²) in [6, 6.07) is 3.95. The summed E-state index contributed by atoms with van der Waals surface area (Å²) in [5.74, 6) is 0.959. The summed E-state index contributed by atoms with van der Waals surface area (Å²) in [6.07, 6.45) is 5.85. The minimum atomic E-state index is -0.460. The van der Waals surface area contributed by atoms with Gasteiger partial charge in [0, 0.05) is 40.5 Å². The van der Waals surface area contributed by atoms with Crippen molar-refractivity contribution in [1.29, 1.82) is 0 Å². The molecule has 7 nitrogen and oxygen atoms in total. The Bertz CT molecular complexity index is 1160. The van der Waals surface area contributed by atoms with Gasteiger partial charge in [-0.15, -0.1) is 11.3 Å². The number of hydrogen-bond donors (Lipinski definition) is 2. The predicted molar refractivity (Wildman–Crippen MR) is 117 cm³/mol. The van der Waals surface area contributed by atoms with Crippen LogP contribution in [0.5, 0.6) is 5.75 Å². The second-order valence-corrected chi connectivity index (χ2v) is 8.22. The van der Waals surface area contributed by atoms with Crippen molar-refractivity contribution in [3.63, 3.8) is 0 Å². The van der Waals surface area contributed by atoms with Crippen LogP contribution >= 0.6 is 11.3 Å². The lowest BCUT2D eigenvalue weighted by Gasteiger charge is -2.11. The van der Waals surface area contributed by atoms with Crippen molar-refractivity contribution in [1.82, 2.24) is 4.98 Å². The molecule has 1 aliphatic rings. The number of benzene rings is 1. The van der Waals surface area contributed by atoms with Crippen LogP contribution in [0.2, 0.25) is 0 Å². The Kier molecular flexibility index (Phi) is 5.59. The quantitative estimate of drug-likeness (QED) is 0.583. The van der Waals surface area contributed by atoms with Crippen LogP contribution in [0.1, 0.15) is 42.3 Å². The minimum Gasteiger partial charge on any atom is -0.496 e. The first-order chi connectivity index (χ1) is 14.4. The summed E-state index contributed by atoms with van der Waals surface area (Å²) in [5.41, 5.74) is 9.43. The van der Waals surface area contributed by atoms with Crippen molar-refractivity contribution in [3.05, 3.63) is 46.2 Å². The van der Waals surface area contributed by atoms with Crippen LogP contribution in [0.4, 0.5) is 5.13 Å². The largest absolute Gasteiger partial charge is 0.496 e. The number of carbonyl (C=O) groups excluding carboxylic acids is 2. The SMILES string of the molecule is COc1cc2oc3c(c2cc1/C(C)=C/C(=O)Nc1nc(CC(N)=O)cs1)CCCC3. The Balaban J connectivity index is 1.60.